The minimum atomic E-state index is -0.250. The molecule has 0 unspecified atom stereocenters. The summed E-state index contributed by atoms with van der Waals surface area (Å²) < 4.78 is 14.1. The van der Waals surface area contributed by atoms with Crippen LogP contribution < -0.4 is 11.1 Å². The predicted molar refractivity (Wildman–Crippen MR) is 80.1 cm³/mol. The van der Waals surface area contributed by atoms with Crippen molar-refractivity contribution >= 4 is 11.8 Å². The fourth-order valence-electron chi connectivity index (χ4n) is 2.46. The maximum atomic E-state index is 14.1. The van der Waals surface area contributed by atoms with Crippen molar-refractivity contribution < 1.29 is 4.39 Å². The molecule has 2 aliphatic rings. The van der Waals surface area contributed by atoms with Crippen molar-refractivity contribution in [2.75, 3.05) is 7.05 Å². The van der Waals surface area contributed by atoms with Crippen LogP contribution >= 0.6 is 0 Å². The van der Waals surface area contributed by atoms with Gasteiger partial charge in [0.15, 0.2) is 0 Å². The van der Waals surface area contributed by atoms with Gasteiger partial charge >= 0.3 is 0 Å². The van der Waals surface area contributed by atoms with E-state index in [-0.39, 0.29) is 11.4 Å². The summed E-state index contributed by atoms with van der Waals surface area (Å²) in [6, 6.07) is 5.69. The van der Waals surface area contributed by atoms with Crippen LogP contribution in [0.2, 0.25) is 0 Å². The third-order valence-electron chi connectivity index (χ3n) is 4.21. The Morgan fingerprint density at radius 3 is 2.75 bits per heavy atom. The minimum absolute atomic E-state index is 0.0236. The van der Waals surface area contributed by atoms with Gasteiger partial charge in [0.25, 0.3) is 0 Å². The third-order valence-corrected chi connectivity index (χ3v) is 4.21. The smallest absolute Gasteiger partial charge is 0.131 e. The number of hydrogen-bond acceptors (Lipinski definition) is 3. The first-order valence-corrected chi connectivity index (χ1v) is 7.13. The molecule has 0 saturated heterocycles. The van der Waals surface area contributed by atoms with E-state index in [1.165, 1.54) is 12.3 Å². The van der Waals surface area contributed by atoms with Crippen LogP contribution in [0.3, 0.4) is 0 Å². The predicted octanol–water partition coefficient (Wildman–Crippen LogP) is 2.57. The van der Waals surface area contributed by atoms with Crippen LogP contribution in [0.15, 0.2) is 29.4 Å². The second-order valence-electron chi connectivity index (χ2n) is 5.66. The van der Waals surface area contributed by atoms with Gasteiger partial charge in [0.1, 0.15) is 5.82 Å². The van der Waals surface area contributed by atoms with E-state index in [0.717, 1.165) is 31.2 Å². The molecule has 1 aromatic carbocycles. The Balaban J connectivity index is 1.92. The number of benzene rings is 1. The maximum absolute atomic E-state index is 14.1. The zero-order valence-electron chi connectivity index (χ0n) is 11.7. The molecule has 2 fully saturated rings. The highest BCUT2D eigenvalue weighted by molar-refractivity contribution is 6.09. The molecule has 0 aliphatic heterocycles. The van der Waals surface area contributed by atoms with Gasteiger partial charge in [-0.3, -0.25) is 4.99 Å². The topological polar surface area (TPSA) is 50.4 Å². The molecule has 3 rings (SSSR count). The molecule has 3 N–H and O–H groups in total. The van der Waals surface area contributed by atoms with Crippen molar-refractivity contribution in [2.45, 2.75) is 37.3 Å². The van der Waals surface area contributed by atoms with Gasteiger partial charge in [0.2, 0.25) is 0 Å². The molecular weight excluding hydrogens is 253 g/mol. The summed E-state index contributed by atoms with van der Waals surface area (Å²) in [6.45, 7) is 0. The SMILES string of the molecule is CNC1(c2ccc(F)c(/C(C=NC3CC3)=C/N)c2)CC1. The number of halogens is 1. The Labute approximate surface area is 118 Å². The van der Waals surface area contributed by atoms with Crippen LogP contribution in [-0.4, -0.2) is 19.3 Å². The van der Waals surface area contributed by atoms with Crippen molar-refractivity contribution in [2.24, 2.45) is 10.7 Å². The number of nitrogens with one attached hydrogen (secondary N) is 1. The lowest BCUT2D eigenvalue weighted by molar-refractivity contribution is 0.579. The van der Waals surface area contributed by atoms with Crippen LogP contribution in [0.5, 0.6) is 0 Å². The molecule has 0 amide bonds. The quantitative estimate of drug-likeness (QED) is 0.810. The molecule has 2 aliphatic carbocycles. The number of rotatable bonds is 5. The summed E-state index contributed by atoms with van der Waals surface area (Å²) in [6.07, 6.45) is 7.57. The van der Waals surface area contributed by atoms with Crippen molar-refractivity contribution in [3.63, 3.8) is 0 Å². The molecular formula is C16H20FN3. The van der Waals surface area contributed by atoms with Crippen LogP contribution in [0.25, 0.3) is 5.57 Å². The highest BCUT2D eigenvalue weighted by Crippen LogP contribution is 2.45. The zero-order valence-corrected chi connectivity index (χ0v) is 11.7. The Morgan fingerprint density at radius 1 is 1.45 bits per heavy atom. The van der Waals surface area contributed by atoms with E-state index in [1.807, 2.05) is 19.2 Å². The normalized spacial score (nSPS) is 21.4. The molecule has 1 aromatic rings. The lowest BCUT2D eigenvalue weighted by Gasteiger charge is -2.16. The fourth-order valence-corrected chi connectivity index (χ4v) is 2.46. The van der Waals surface area contributed by atoms with E-state index in [0.29, 0.717) is 17.2 Å². The monoisotopic (exact) mass is 273 g/mol. The second kappa shape index (κ2) is 5.02. The standard InChI is InChI=1S/C16H20FN3/c1-19-16(6-7-16)12-2-5-15(17)14(8-12)11(9-18)10-20-13-3-4-13/h2,5,8-10,13,19H,3-4,6-7,18H2,1H3/b11-9+,20-10?. The number of allylic oxidation sites excluding steroid dienone is 1. The molecule has 0 spiro atoms. The Morgan fingerprint density at radius 2 is 2.20 bits per heavy atom. The van der Waals surface area contributed by atoms with E-state index in [2.05, 4.69) is 10.3 Å². The summed E-state index contributed by atoms with van der Waals surface area (Å²) in [4.78, 5) is 4.40. The Hall–Kier alpha value is -1.68. The fraction of sp³-hybridized carbons (Fsp3) is 0.438. The first kappa shape index (κ1) is 13.3. The van der Waals surface area contributed by atoms with Crippen molar-refractivity contribution in [3.8, 4) is 0 Å². The highest BCUT2D eigenvalue weighted by Gasteiger charge is 2.42. The first-order chi connectivity index (χ1) is 9.68. The summed E-state index contributed by atoms with van der Waals surface area (Å²) in [7, 11) is 1.95. The molecule has 106 valence electrons. The van der Waals surface area contributed by atoms with Crippen LogP contribution in [-0.2, 0) is 5.54 Å². The zero-order chi connectivity index (χ0) is 14.2. The molecule has 0 atom stereocenters. The minimum Gasteiger partial charge on any atom is -0.404 e. The van der Waals surface area contributed by atoms with Crippen LogP contribution in [0.1, 0.15) is 36.8 Å². The molecule has 0 bridgehead atoms. The van der Waals surface area contributed by atoms with E-state index >= 15 is 0 Å². The molecule has 0 aromatic heterocycles. The lowest BCUT2D eigenvalue weighted by atomic mass is 9.98. The third kappa shape index (κ3) is 2.48. The largest absolute Gasteiger partial charge is 0.404 e. The van der Waals surface area contributed by atoms with E-state index in [9.17, 15) is 4.39 Å². The molecule has 4 heteroatoms. The van der Waals surface area contributed by atoms with Gasteiger partial charge in [-0.15, -0.1) is 0 Å². The van der Waals surface area contributed by atoms with Gasteiger partial charge in [-0.25, -0.2) is 4.39 Å². The average Bonchev–Trinajstić information content (AvgIpc) is 3.36. The van der Waals surface area contributed by atoms with Crippen LogP contribution in [0.4, 0.5) is 4.39 Å². The summed E-state index contributed by atoms with van der Waals surface area (Å²) in [5.41, 5.74) is 7.99. The van der Waals surface area contributed by atoms with Gasteiger partial charge in [-0.05, 0) is 50.4 Å². The molecule has 20 heavy (non-hydrogen) atoms. The van der Waals surface area contributed by atoms with E-state index in [1.54, 1.807) is 6.21 Å². The van der Waals surface area contributed by atoms with Crippen molar-refractivity contribution in [3.05, 3.63) is 41.3 Å². The van der Waals surface area contributed by atoms with Gasteiger partial charge in [0, 0.05) is 29.1 Å². The Bertz CT molecular complexity index is 569. The number of nitrogens with zero attached hydrogens (tertiary/aromatic N) is 1. The summed E-state index contributed by atoms with van der Waals surface area (Å²) in [5, 5.41) is 3.33. The van der Waals surface area contributed by atoms with Crippen molar-refractivity contribution in [1.29, 1.82) is 0 Å². The Kier molecular flexibility index (Phi) is 3.34. The van der Waals surface area contributed by atoms with E-state index in [4.69, 9.17) is 5.73 Å². The highest BCUT2D eigenvalue weighted by atomic mass is 19.1. The van der Waals surface area contributed by atoms with Crippen molar-refractivity contribution in [1.82, 2.24) is 5.32 Å². The molecule has 3 nitrogen and oxygen atoms in total. The lowest BCUT2D eigenvalue weighted by Crippen LogP contribution is -2.24. The molecule has 2 saturated carbocycles. The maximum Gasteiger partial charge on any atom is 0.131 e. The van der Waals surface area contributed by atoms with Gasteiger partial charge in [0.05, 0.1) is 6.04 Å². The van der Waals surface area contributed by atoms with Gasteiger partial charge < -0.3 is 11.1 Å². The first-order valence-electron chi connectivity index (χ1n) is 7.13. The van der Waals surface area contributed by atoms with E-state index < -0.39 is 0 Å². The number of aliphatic imine (C=N–C) groups is 1. The van der Waals surface area contributed by atoms with Gasteiger partial charge in [-0.1, -0.05) is 6.07 Å². The van der Waals surface area contributed by atoms with Crippen LogP contribution in [0, 0.1) is 5.82 Å². The number of hydrogen-bond donors (Lipinski definition) is 2. The second-order valence-corrected chi connectivity index (χ2v) is 5.66. The molecule has 0 heterocycles. The summed E-state index contributed by atoms with van der Waals surface area (Å²) in [5.74, 6) is -0.250. The average molecular weight is 273 g/mol. The van der Waals surface area contributed by atoms with Gasteiger partial charge in [-0.2, -0.15) is 0 Å². The number of nitrogens with two attached hydrogens (primary N) is 1. The molecule has 0 radical (unpaired) electrons. The summed E-state index contributed by atoms with van der Waals surface area (Å²) >= 11 is 0.